The van der Waals surface area contributed by atoms with Crippen LogP contribution in [0.25, 0.3) is 0 Å². The van der Waals surface area contributed by atoms with E-state index >= 15 is 0 Å². The normalized spacial score (nSPS) is 12.8. The molecule has 0 bridgehead atoms. The Kier molecular flexibility index (Phi) is 11.3. The van der Waals surface area contributed by atoms with Crippen molar-refractivity contribution in [2.24, 2.45) is 0 Å². The van der Waals surface area contributed by atoms with Crippen molar-refractivity contribution < 1.29 is 22.7 Å². The van der Waals surface area contributed by atoms with Crippen molar-refractivity contribution in [1.82, 2.24) is 10.2 Å². The van der Waals surface area contributed by atoms with Crippen molar-refractivity contribution in [1.29, 1.82) is 0 Å². The molecule has 0 radical (unpaired) electrons. The van der Waals surface area contributed by atoms with Crippen LogP contribution >= 0.6 is 23.2 Å². The highest BCUT2D eigenvalue weighted by Crippen LogP contribution is 2.34. The summed E-state index contributed by atoms with van der Waals surface area (Å²) in [6.07, 6.45) is 0.700. The van der Waals surface area contributed by atoms with Crippen LogP contribution in [0.3, 0.4) is 0 Å². The molecule has 42 heavy (non-hydrogen) atoms. The predicted octanol–water partition coefficient (Wildman–Crippen LogP) is 6.15. The number of hydrogen-bond donors (Lipinski definition) is 1. The van der Waals surface area contributed by atoms with Crippen LogP contribution in [0.4, 0.5) is 5.69 Å². The third kappa shape index (κ3) is 7.96. The summed E-state index contributed by atoms with van der Waals surface area (Å²) in [5.41, 5.74) is 2.41. The van der Waals surface area contributed by atoms with Gasteiger partial charge in [0.15, 0.2) is 0 Å². The molecule has 3 aromatic rings. The zero-order valence-corrected chi connectivity index (χ0v) is 27.0. The largest absolute Gasteiger partial charge is 0.495 e. The van der Waals surface area contributed by atoms with E-state index in [1.165, 1.54) is 24.1 Å². The van der Waals surface area contributed by atoms with E-state index in [1.807, 2.05) is 27.7 Å². The Hall–Kier alpha value is -3.27. The zero-order chi connectivity index (χ0) is 31.2. The molecule has 0 heterocycles. The molecular weight excluding hydrogens is 597 g/mol. The molecule has 0 saturated carbocycles. The van der Waals surface area contributed by atoms with Gasteiger partial charge in [0.2, 0.25) is 11.8 Å². The van der Waals surface area contributed by atoms with Gasteiger partial charge in [-0.05, 0) is 81.6 Å². The fourth-order valence-corrected chi connectivity index (χ4v) is 6.11. The summed E-state index contributed by atoms with van der Waals surface area (Å²) >= 11 is 12.5. The number of halogens is 2. The lowest BCUT2D eigenvalue weighted by Crippen LogP contribution is -2.52. The Morgan fingerprint density at radius 1 is 0.952 bits per heavy atom. The zero-order valence-electron chi connectivity index (χ0n) is 24.6. The average Bonchev–Trinajstić information content (AvgIpc) is 2.95. The first-order valence-electron chi connectivity index (χ1n) is 13.6. The van der Waals surface area contributed by atoms with Crippen molar-refractivity contribution in [3.05, 3.63) is 87.4 Å². The standard InChI is InChI=1S/C31H37Cl2N3O5S/c1-7-22(4)34-31(38)23(5)35(18-24-11-12-25(32)17-27(24)33)30(37)19-36(28-16-21(3)10-15-29(28)41-6)42(39,40)26-13-8-20(2)9-14-26/h8-17,22-23H,7,18-19H2,1-6H3,(H,34,38)/t22-,23-/m1/s1. The van der Waals surface area contributed by atoms with Gasteiger partial charge < -0.3 is 15.0 Å². The number of carbonyl (C=O) groups is 2. The lowest BCUT2D eigenvalue weighted by atomic mass is 10.1. The van der Waals surface area contributed by atoms with Gasteiger partial charge in [-0.25, -0.2) is 8.42 Å². The summed E-state index contributed by atoms with van der Waals surface area (Å²) in [5, 5.41) is 3.65. The quantitative estimate of drug-likeness (QED) is 0.258. The van der Waals surface area contributed by atoms with Crippen LogP contribution in [0.2, 0.25) is 10.0 Å². The van der Waals surface area contributed by atoms with Crippen LogP contribution in [0, 0.1) is 13.8 Å². The third-order valence-electron chi connectivity index (χ3n) is 7.02. The number of sulfonamides is 1. The second-order valence-electron chi connectivity index (χ2n) is 10.3. The number of aryl methyl sites for hydroxylation is 2. The lowest BCUT2D eigenvalue weighted by molar-refractivity contribution is -0.139. The van der Waals surface area contributed by atoms with E-state index in [0.29, 0.717) is 22.0 Å². The molecule has 0 fully saturated rings. The number of nitrogens with one attached hydrogen (secondary N) is 1. The maximum absolute atomic E-state index is 14.2. The molecular formula is C31H37Cl2N3O5S. The molecule has 1 N–H and O–H groups in total. The van der Waals surface area contributed by atoms with Crippen molar-refractivity contribution in [3.8, 4) is 5.75 Å². The number of benzene rings is 3. The molecule has 226 valence electrons. The smallest absolute Gasteiger partial charge is 0.264 e. The number of ether oxygens (including phenoxy) is 1. The van der Waals surface area contributed by atoms with Gasteiger partial charge in [0.1, 0.15) is 18.3 Å². The molecule has 11 heteroatoms. The van der Waals surface area contributed by atoms with E-state index < -0.39 is 28.5 Å². The number of carbonyl (C=O) groups excluding carboxylic acids is 2. The molecule has 0 unspecified atom stereocenters. The number of methoxy groups -OCH3 is 1. The van der Waals surface area contributed by atoms with Gasteiger partial charge in [-0.1, -0.05) is 60.0 Å². The van der Waals surface area contributed by atoms with Gasteiger partial charge in [0, 0.05) is 22.6 Å². The monoisotopic (exact) mass is 633 g/mol. The van der Waals surface area contributed by atoms with Gasteiger partial charge in [-0.15, -0.1) is 0 Å². The minimum atomic E-state index is -4.24. The number of nitrogens with zero attached hydrogens (tertiary/aromatic N) is 2. The second kappa shape index (κ2) is 14.3. The minimum absolute atomic E-state index is 0.0133. The molecule has 3 aromatic carbocycles. The summed E-state index contributed by atoms with van der Waals surface area (Å²) in [4.78, 5) is 28.7. The van der Waals surface area contributed by atoms with Crippen LogP contribution in [-0.4, -0.2) is 50.9 Å². The molecule has 8 nitrogen and oxygen atoms in total. The number of hydrogen-bond acceptors (Lipinski definition) is 5. The molecule has 2 amide bonds. The van der Waals surface area contributed by atoms with E-state index in [-0.39, 0.29) is 34.8 Å². The average molecular weight is 635 g/mol. The molecule has 3 rings (SSSR count). The fourth-order valence-electron chi connectivity index (χ4n) is 4.23. The second-order valence-corrected chi connectivity index (χ2v) is 13.0. The van der Waals surface area contributed by atoms with Crippen LogP contribution in [0.5, 0.6) is 5.75 Å². The minimum Gasteiger partial charge on any atom is -0.495 e. The predicted molar refractivity (Wildman–Crippen MR) is 168 cm³/mol. The van der Waals surface area contributed by atoms with Crippen molar-refractivity contribution >= 4 is 50.7 Å². The SMILES string of the molecule is CC[C@@H](C)NC(=O)[C@@H](C)N(Cc1ccc(Cl)cc1Cl)C(=O)CN(c1cc(C)ccc1OC)S(=O)(=O)c1ccc(C)cc1. The maximum Gasteiger partial charge on any atom is 0.264 e. The van der Waals surface area contributed by atoms with Crippen LogP contribution in [0.15, 0.2) is 65.6 Å². The summed E-state index contributed by atoms with van der Waals surface area (Å²) in [7, 11) is -2.81. The van der Waals surface area contributed by atoms with Crippen molar-refractivity contribution in [2.45, 2.75) is 64.6 Å². The first kappa shape index (κ1) is 33.2. The molecule has 0 aliphatic carbocycles. The summed E-state index contributed by atoms with van der Waals surface area (Å²) in [5.74, 6) is -0.699. The van der Waals surface area contributed by atoms with Gasteiger partial charge in [0.25, 0.3) is 10.0 Å². The Bertz CT molecular complexity index is 1530. The highest BCUT2D eigenvalue weighted by Gasteiger charge is 2.34. The molecule has 0 aliphatic heterocycles. The van der Waals surface area contributed by atoms with Crippen molar-refractivity contribution in [2.75, 3.05) is 18.0 Å². The molecule has 0 saturated heterocycles. The van der Waals surface area contributed by atoms with Gasteiger partial charge in [-0.3, -0.25) is 13.9 Å². The Morgan fingerprint density at radius 2 is 1.60 bits per heavy atom. The third-order valence-corrected chi connectivity index (χ3v) is 9.38. The summed E-state index contributed by atoms with van der Waals surface area (Å²) in [6.45, 7) is 8.44. The summed E-state index contributed by atoms with van der Waals surface area (Å²) in [6, 6.07) is 15.3. The van der Waals surface area contributed by atoms with Gasteiger partial charge in [-0.2, -0.15) is 0 Å². The van der Waals surface area contributed by atoms with Gasteiger partial charge >= 0.3 is 0 Å². The highest BCUT2D eigenvalue weighted by atomic mass is 35.5. The van der Waals surface area contributed by atoms with Crippen LogP contribution < -0.4 is 14.4 Å². The fraction of sp³-hybridized carbons (Fsp3) is 0.355. The Morgan fingerprint density at radius 3 is 2.19 bits per heavy atom. The van der Waals surface area contributed by atoms with Crippen molar-refractivity contribution in [3.63, 3.8) is 0 Å². The Balaban J connectivity index is 2.12. The van der Waals surface area contributed by atoms with Gasteiger partial charge in [0.05, 0.1) is 17.7 Å². The molecule has 0 aromatic heterocycles. The summed E-state index contributed by atoms with van der Waals surface area (Å²) < 4.78 is 34.8. The number of rotatable bonds is 12. The van der Waals surface area contributed by atoms with E-state index in [0.717, 1.165) is 15.4 Å². The lowest BCUT2D eigenvalue weighted by Gasteiger charge is -2.33. The molecule has 2 atom stereocenters. The van der Waals surface area contributed by atoms with Crippen LogP contribution in [-0.2, 0) is 26.2 Å². The first-order valence-corrected chi connectivity index (χ1v) is 15.8. The van der Waals surface area contributed by atoms with E-state index in [9.17, 15) is 18.0 Å². The topological polar surface area (TPSA) is 96.0 Å². The molecule has 0 spiro atoms. The van der Waals surface area contributed by atoms with E-state index in [4.69, 9.17) is 27.9 Å². The number of anilines is 1. The molecule has 0 aliphatic rings. The first-order chi connectivity index (χ1) is 19.8. The van der Waals surface area contributed by atoms with Crippen LogP contribution in [0.1, 0.15) is 43.9 Å². The van der Waals surface area contributed by atoms with E-state index in [1.54, 1.807) is 55.5 Å². The maximum atomic E-state index is 14.2. The number of amides is 2. The Labute approximate surface area is 258 Å². The van der Waals surface area contributed by atoms with E-state index in [2.05, 4.69) is 5.32 Å². The highest BCUT2D eigenvalue weighted by molar-refractivity contribution is 7.92.